The predicted molar refractivity (Wildman–Crippen MR) is 134 cm³/mol. The van der Waals surface area contributed by atoms with Gasteiger partial charge < -0.3 is 34.7 Å². The van der Waals surface area contributed by atoms with Crippen LogP contribution in [-0.4, -0.2) is 84.5 Å². The highest BCUT2D eigenvalue weighted by molar-refractivity contribution is 6.48. The molecule has 10 nitrogen and oxygen atoms in total. The van der Waals surface area contributed by atoms with Crippen molar-refractivity contribution in [2.24, 2.45) is 0 Å². The fraction of sp³-hybridized carbons (Fsp3) is 0.640. The first-order valence-corrected chi connectivity index (χ1v) is 12.5. The second kappa shape index (κ2) is 12.1. The first-order valence-electron chi connectivity index (χ1n) is 12.5. The SMILES string of the molecule is CC1(C)OB(C(CCCc2ccccc2)NC(=O)C(CC(=O)N2CCOCC2)NC(=O)O)OC1(C)C. The highest BCUT2D eigenvalue weighted by Gasteiger charge is 2.54. The third-order valence-corrected chi connectivity index (χ3v) is 7.11. The van der Waals surface area contributed by atoms with Gasteiger partial charge in [-0.05, 0) is 52.5 Å². The number of carbonyl (C=O) groups is 3. The fourth-order valence-corrected chi connectivity index (χ4v) is 4.26. The summed E-state index contributed by atoms with van der Waals surface area (Å²) < 4.78 is 17.7. The molecule has 2 unspecified atom stereocenters. The molecule has 2 aliphatic rings. The molecule has 1 aromatic carbocycles. The minimum Gasteiger partial charge on any atom is -0.465 e. The minimum absolute atomic E-state index is 0.280. The quantitative estimate of drug-likeness (QED) is 0.417. The number of morpholine rings is 1. The van der Waals surface area contributed by atoms with E-state index in [1.807, 2.05) is 58.0 Å². The van der Waals surface area contributed by atoms with Crippen LogP contribution >= 0.6 is 0 Å². The second-order valence-electron chi connectivity index (χ2n) is 10.3. The lowest BCUT2D eigenvalue weighted by Crippen LogP contribution is -2.56. The number of rotatable bonds is 10. The van der Waals surface area contributed by atoms with Crippen LogP contribution in [0.25, 0.3) is 0 Å². The van der Waals surface area contributed by atoms with Gasteiger partial charge in [0.05, 0.1) is 36.8 Å². The smallest absolute Gasteiger partial charge is 0.465 e. The molecular weight excluding hydrogens is 465 g/mol. The van der Waals surface area contributed by atoms with E-state index < -0.39 is 42.3 Å². The molecule has 2 fully saturated rings. The number of carboxylic acid groups (broad SMARTS) is 1. The average Bonchev–Trinajstić information content (AvgIpc) is 3.05. The summed E-state index contributed by atoms with van der Waals surface area (Å²) >= 11 is 0. The number of hydrogen-bond donors (Lipinski definition) is 3. The number of hydrogen-bond acceptors (Lipinski definition) is 6. The topological polar surface area (TPSA) is 126 Å². The number of benzene rings is 1. The largest absolute Gasteiger partial charge is 0.481 e. The van der Waals surface area contributed by atoms with Gasteiger partial charge in [-0.15, -0.1) is 0 Å². The van der Waals surface area contributed by atoms with Crippen molar-refractivity contribution in [3.8, 4) is 0 Å². The molecule has 0 radical (unpaired) electrons. The van der Waals surface area contributed by atoms with E-state index in [9.17, 15) is 19.5 Å². The first-order chi connectivity index (χ1) is 17.0. The zero-order valence-corrected chi connectivity index (χ0v) is 21.6. The van der Waals surface area contributed by atoms with E-state index in [-0.39, 0.29) is 12.3 Å². The van der Waals surface area contributed by atoms with Crippen LogP contribution in [0.2, 0.25) is 0 Å². The van der Waals surface area contributed by atoms with Crippen LogP contribution in [0.1, 0.15) is 52.5 Å². The lowest BCUT2D eigenvalue weighted by atomic mass is 9.75. The molecule has 0 aliphatic carbocycles. The zero-order valence-electron chi connectivity index (χ0n) is 21.6. The highest BCUT2D eigenvalue weighted by atomic mass is 16.7. The third-order valence-electron chi connectivity index (χ3n) is 7.11. The van der Waals surface area contributed by atoms with Gasteiger partial charge >= 0.3 is 13.2 Å². The Bertz CT molecular complexity index is 890. The third kappa shape index (κ3) is 7.44. The molecule has 0 saturated carbocycles. The monoisotopic (exact) mass is 503 g/mol. The van der Waals surface area contributed by atoms with Gasteiger partial charge in [0.1, 0.15) is 6.04 Å². The Labute approximate surface area is 213 Å². The Morgan fingerprint density at radius 3 is 2.22 bits per heavy atom. The summed E-state index contributed by atoms with van der Waals surface area (Å²) in [4.78, 5) is 39.0. The molecule has 2 heterocycles. The standard InChI is InChI=1S/C25H38BN3O7/c1-24(2)25(3,4)36-26(35-24)20(12-8-11-18-9-6-5-7-10-18)28-22(31)19(27-23(32)33)17-21(30)29-13-15-34-16-14-29/h5-7,9-10,19-20,27H,8,11-17H2,1-4H3,(H,28,31)(H,32,33). The molecule has 1 aromatic rings. The van der Waals surface area contributed by atoms with Gasteiger partial charge in [0, 0.05) is 13.1 Å². The number of aryl methyl sites for hydroxylation is 1. The van der Waals surface area contributed by atoms with Crippen LogP contribution in [0.3, 0.4) is 0 Å². The summed E-state index contributed by atoms with van der Waals surface area (Å²) in [6, 6.07) is 8.79. The molecule has 0 bridgehead atoms. The van der Waals surface area contributed by atoms with Crippen molar-refractivity contribution >= 4 is 25.0 Å². The Hall–Kier alpha value is -2.63. The minimum atomic E-state index is -1.37. The maximum absolute atomic E-state index is 13.3. The molecule has 0 spiro atoms. The summed E-state index contributed by atoms with van der Waals surface area (Å²) in [7, 11) is -0.713. The Morgan fingerprint density at radius 1 is 1.03 bits per heavy atom. The fourth-order valence-electron chi connectivity index (χ4n) is 4.26. The van der Waals surface area contributed by atoms with Crippen molar-refractivity contribution in [1.29, 1.82) is 0 Å². The zero-order chi connectivity index (χ0) is 26.3. The molecule has 3 N–H and O–H groups in total. The number of carbonyl (C=O) groups excluding carboxylic acids is 2. The van der Waals surface area contributed by atoms with Crippen molar-refractivity contribution in [2.45, 2.75) is 76.6 Å². The van der Waals surface area contributed by atoms with E-state index in [1.165, 1.54) is 5.56 Å². The molecule has 2 aliphatic heterocycles. The van der Waals surface area contributed by atoms with Crippen LogP contribution in [-0.2, 0) is 30.1 Å². The summed E-state index contributed by atoms with van der Waals surface area (Å²) in [5.74, 6) is -1.42. The molecule has 36 heavy (non-hydrogen) atoms. The maximum Gasteiger partial charge on any atom is 0.481 e. The summed E-state index contributed by atoms with van der Waals surface area (Å²) in [6.07, 6.45) is 0.454. The van der Waals surface area contributed by atoms with Gasteiger partial charge in [-0.25, -0.2) is 4.79 Å². The number of ether oxygens (including phenoxy) is 1. The van der Waals surface area contributed by atoms with Gasteiger partial charge in [0.25, 0.3) is 0 Å². The molecule has 198 valence electrons. The normalized spacial score (nSPS) is 20.4. The van der Waals surface area contributed by atoms with E-state index in [4.69, 9.17) is 14.0 Å². The second-order valence-corrected chi connectivity index (χ2v) is 10.3. The molecule has 2 atom stereocenters. The van der Waals surface area contributed by atoms with Gasteiger partial charge in [0.15, 0.2) is 0 Å². The summed E-state index contributed by atoms with van der Waals surface area (Å²) in [5, 5.41) is 14.4. The van der Waals surface area contributed by atoms with Crippen LogP contribution in [0, 0.1) is 0 Å². The van der Waals surface area contributed by atoms with Crippen molar-refractivity contribution in [2.75, 3.05) is 26.3 Å². The van der Waals surface area contributed by atoms with Crippen LogP contribution < -0.4 is 10.6 Å². The number of nitrogens with one attached hydrogen (secondary N) is 2. The molecule has 3 rings (SSSR count). The molecule has 2 saturated heterocycles. The van der Waals surface area contributed by atoms with Gasteiger partial charge in [-0.2, -0.15) is 0 Å². The van der Waals surface area contributed by atoms with E-state index in [1.54, 1.807) is 4.90 Å². The molecule has 0 aromatic heterocycles. The van der Waals surface area contributed by atoms with Crippen molar-refractivity contribution in [3.05, 3.63) is 35.9 Å². The van der Waals surface area contributed by atoms with Gasteiger partial charge in [-0.1, -0.05) is 30.3 Å². The van der Waals surface area contributed by atoms with Crippen molar-refractivity contribution in [3.63, 3.8) is 0 Å². The van der Waals surface area contributed by atoms with Crippen molar-refractivity contribution < 1.29 is 33.5 Å². The van der Waals surface area contributed by atoms with Crippen molar-refractivity contribution in [1.82, 2.24) is 15.5 Å². The summed E-state index contributed by atoms with van der Waals surface area (Å²) in [6.45, 7) is 9.40. The highest BCUT2D eigenvalue weighted by Crippen LogP contribution is 2.38. The van der Waals surface area contributed by atoms with E-state index in [0.717, 1.165) is 12.8 Å². The average molecular weight is 503 g/mol. The Morgan fingerprint density at radius 2 is 1.64 bits per heavy atom. The van der Waals surface area contributed by atoms with E-state index in [2.05, 4.69) is 10.6 Å². The van der Waals surface area contributed by atoms with Gasteiger partial charge in [-0.3, -0.25) is 9.59 Å². The summed E-state index contributed by atoms with van der Waals surface area (Å²) in [5.41, 5.74) is -0.00562. The van der Waals surface area contributed by atoms with Crippen LogP contribution in [0.4, 0.5) is 4.79 Å². The first kappa shape index (κ1) is 28.0. The molecule has 11 heteroatoms. The predicted octanol–water partition coefficient (Wildman–Crippen LogP) is 2.01. The van der Waals surface area contributed by atoms with E-state index >= 15 is 0 Å². The lowest BCUT2D eigenvalue weighted by molar-refractivity contribution is -0.138. The molecular formula is C25H38BN3O7. The van der Waals surface area contributed by atoms with Crippen LogP contribution in [0.15, 0.2) is 30.3 Å². The Balaban J connectivity index is 1.70. The Kier molecular flexibility index (Phi) is 9.38. The number of nitrogens with zero attached hydrogens (tertiary/aromatic N) is 1. The lowest BCUT2D eigenvalue weighted by Gasteiger charge is -2.32. The van der Waals surface area contributed by atoms with E-state index in [0.29, 0.717) is 32.7 Å². The maximum atomic E-state index is 13.3. The van der Waals surface area contributed by atoms with Gasteiger partial charge in [0.2, 0.25) is 11.8 Å². The molecule has 3 amide bonds. The number of amides is 3. The van der Waals surface area contributed by atoms with Crippen LogP contribution in [0.5, 0.6) is 0 Å².